The summed E-state index contributed by atoms with van der Waals surface area (Å²) in [5, 5.41) is 20.6. The number of fused-ring (bicyclic) bond motifs is 1. The molecule has 2 aromatic rings. The highest BCUT2D eigenvalue weighted by Crippen LogP contribution is 2.33. The summed E-state index contributed by atoms with van der Waals surface area (Å²) >= 11 is 0. The highest BCUT2D eigenvalue weighted by atomic mass is 16.6. The van der Waals surface area contributed by atoms with E-state index < -0.39 is 16.9 Å². The predicted octanol–water partition coefficient (Wildman–Crippen LogP) is 1.35. The average Bonchev–Trinajstić information content (AvgIpc) is 2.65. The Morgan fingerprint density at radius 2 is 2.20 bits per heavy atom. The third-order valence-electron chi connectivity index (χ3n) is 3.35. The van der Waals surface area contributed by atoms with Gasteiger partial charge in [0, 0.05) is 25.2 Å². The molecule has 0 bridgehead atoms. The van der Waals surface area contributed by atoms with E-state index in [4.69, 9.17) is 10.8 Å². The Balaban J connectivity index is 2.69. The van der Waals surface area contributed by atoms with Gasteiger partial charge in [0.15, 0.2) is 0 Å². The zero-order valence-corrected chi connectivity index (χ0v) is 11.2. The molecule has 0 aliphatic rings. The number of nitrogens with zero attached hydrogens (tertiary/aromatic N) is 2. The summed E-state index contributed by atoms with van der Waals surface area (Å²) in [4.78, 5) is 21.7. The Bertz CT molecular complexity index is 705. The topological polar surface area (TPSA) is 111 Å². The summed E-state index contributed by atoms with van der Waals surface area (Å²) in [6, 6.07) is 2.38. The molecule has 0 aliphatic heterocycles. The zero-order valence-electron chi connectivity index (χ0n) is 11.2. The van der Waals surface area contributed by atoms with Crippen LogP contribution in [-0.2, 0) is 18.3 Å². The van der Waals surface area contributed by atoms with Gasteiger partial charge in [-0.05, 0) is 18.6 Å². The van der Waals surface area contributed by atoms with Gasteiger partial charge < -0.3 is 15.4 Å². The van der Waals surface area contributed by atoms with Crippen LogP contribution in [-0.4, -0.2) is 26.6 Å². The molecule has 1 aromatic carbocycles. The number of carboxylic acid groups (broad SMARTS) is 1. The highest BCUT2D eigenvalue weighted by molar-refractivity contribution is 5.94. The number of nitro benzene ring substituents is 1. The van der Waals surface area contributed by atoms with Crippen molar-refractivity contribution in [1.82, 2.24) is 4.57 Å². The van der Waals surface area contributed by atoms with Crippen LogP contribution in [0.25, 0.3) is 10.9 Å². The van der Waals surface area contributed by atoms with Crippen LogP contribution in [0.5, 0.6) is 0 Å². The van der Waals surface area contributed by atoms with Gasteiger partial charge in [0.05, 0.1) is 15.8 Å². The van der Waals surface area contributed by atoms with E-state index in [9.17, 15) is 14.9 Å². The lowest BCUT2D eigenvalue weighted by atomic mass is 10.0. The van der Waals surface area contributed by atoms with Crippen molar-refractivity contribution in [3.63, 3.8) is 0 Å². The van der Waals surface area contributed by atoms with Crippen molar-refractivity contribution in [3.05, 3.63) is 39.6 Å². The molecule has 7 heteroatoms. The van der Waals surface area contributed by atoms with Gasteiger partial charge in [0.2, 0.25) is 0 Å². The van der Waals surface area contributed by atoms with Crippen LogP contribution in [0.3, 0.4) is 0 Å². The first kappa shape index (κ1) is 14.0. The molecular formula is C13H15N3O4. The summed E-state index contributed by atoms with van der Waals surface area (Å²) in [5.41, 5.74) is 7.35. The standard InChI is InChI=1S/C13H15N3O4/c1-7-3-4-10-11(12(7)16(19)20)8(6-15(10)2)5-9(14)13(17)18/h3-4,6,9H,5,14H2,1-2H3,(H,17,18). The lowest BCUT2D eigenvalue weighted by Crippen LogP contribution is -2.32. The van der Waals surface area contributed by atoms with Gasteiger partial charge >= 0.3 is 5.97 Å². The fraction of sp³-hybridized carbons (Fsp3) is 0.308. The molecule has 0 saturated carbocycles. The summed E-state index contributed by atoms with van der Waals surface area (Å²) in [6.45, 7) is 1.66. The number of carboxylic acids is 1. The van der Waals surface area contributed by atoms with Crippen LogP contribution in [0.4, 0.5) is 5.69 Å². The molecule has 0 amide bonds. The van der Waals surface area contributed by atoms with E-state index in [-0.39, 0.29) is 12.1 Å². The molecule has 3 N–H and O–H groups in total. The van der Waals surface area contributed by atoms with Crippen molar-refractivity contribution in [2.45, 2.75) is 19.4 Å². The zero-order chi connectivity index (χ0) is 15.0. The maximum absolute atomic E-state index is 11.3. The van der Waals surface area contributed by atoms with Crippen LogP contribution >= 0.6 is 0 Å². The molecule has 1 atom stereocenters. The molecule has 0 radical (unpaired) electrons. The molecule has 0 saturated heterocycles. The predicted molar refractivity (Wildman–Crippen MR) is 73.6 cm³/mol. The minimum Gasteiger partial charge on any atom is -0.480 e. The maximum atomic E-state index is 11.3. The number of nitrogens with two attached hydrogens (primary N) is 1. The third-order valence-corrected chi connectivity index (χ3v) is 3.35. The fourth-order valence-electron chi connectivity index (χ4n) is 2.38. The number of hydrogen-bond donors (Lipinski definition) is 2. The summed E-state index contributed by atoms with van der Waals surface area (Å²) < 4.78 is 1.74. The molecular weight excluding hydrogens is 262 g/mol. The first-order valence-electron chi connectivity index (χ1n) is 6.03. The molecule has 2 rings (SSSR count). The fourth-order valence-corrected chi connectivity index (χ4v) is 2.38. The molecule has 1 unspecified atom stereocenters. The quantitative estimate of drug-likeness (QED) is 0.647. The van der Waals surface area contributed by atoms with E-state index in [2.05, 4.69) is 0 Å². The van der Waals surface area contributed by atoms with E-state index in [1.165, 1.54) is 0 Å². The van der Waals surface area contributed by atoms with E-state index in [1.807, 2.05) is 0 Å². The van der Waals surface area contributed by atoms with Crippen molar-refractivity contribution in [3.8, 4) is 0 Å². The van der Waals surface area contributed by atoms with Crippen molar-refractivity contribution < 1.29 is 14.8 Å². The van der Waals surface area contributed by atoms with Gasteiger partial charge in [-0.3, -0.25) is 14.9 Å². The Hall–Kier alpha value is -2.41. The van der Waals surface area contributed by atoms with Crippen molar-refractivity contribution in [2.24, 2.45) is 12.8 Å². The second kappa shape index (κ2) is 4.93. The van der Waals surface area contributed by atoms with Crippen LogP contribution in [0, 0.1) is 17.0 Å². The molecule has 1 heterocycles. The monoisotopic (exact) mass is 277 g/mol. The van der Waals surface area contributed by atoms with Gasteiger partial charge in [0.25, 0.3) is 5.69 Å². The second-order valence-electron chi connectivity index (χ2n) is 4.80. The number of nitro groups is 1. The molecule has 0 fully saturated rings. The van der Waals surface area contributed by atoms with Gasteiger partial charge in [-0.1, -0.05) is 6.07 Å². The number of rotatable bonds is 4. The smallest absolute Gasteiger partial charge is 0.320 e. The summed E-state index contributed by atoms with van der Waals surface area (Å²) in [6.07, 6.45) is 1.75. The number of aromatic nitrogens is 1. The average molecular weight is 277 g/mol. The van der Waals surface area contributed by atoms with Crippen LogP contribution < -0.4 is 5.73 Å². The SMILES string of the molecule is Cc1ccc2c(c(CC(N)C(=O)O)cn2C)c1[N+](=O)[O-]. The third kappa shape index (κ3) is 2.23. The largest absolute Gasteiger partial charge is 0.480 e. The van der Waals surface area contributed by atoms with Gasteiger partial charge in [-0.25, -0.2) is 0 Å². The molecule has 0 spiro atoms. The maximum Gasteiger partial charge on any atom is 0.320 e. The Kier molecular flexibility index (Phi) is 3.46. The molecule has 20 heavy (non-hydrogen) atoms. The normalized spacial score (nSPS) is 12.6. The first-order chi connectivity index (χ1) is 9.32. The lowest BCUT2D eigenvalue weighted by molar-refractivity contribution is -0.383. The van der Waals surface area contributed by atoms with Crippen LogP contribution in [0.15, 0.2) is 18.3 Å². The minimum atomic E-state index is -1.13. The number of carbonyl (C=O) groups is 1. The number of aryl methyl sites for hydroxylation is 2. The van der Waals surface area contributed by atoms with Crippen molar-refractivity contribution >= 4 is 22.6 Å². The first-order valence-corrected chi connectivity index (χ1v) is 6.03. The van der Waals surface area contributed by atoms with Gasteiger partial charge in [-0.15, -0.1) is 0 Å². The second-order valence-corrected chi connectivity index (χ2v) is 4.80. The van der Waals surface area contributed by atoms with Crippen molar-refractivity contribution in [2.75, 3.05) is 0 Å². The summed E-state index contributed by atoms with van der Waals surface area (Å²) in [7, 11) is 1.76. The Morgan fingerprint density at radius 1 is 1.55 bits per heavy atom. The lowest BCUT2D eigenvalue weighted by Gasteiger charge is -2.06. The molecule has 106 valence electrons. The minimum absolute atomic E-state index is 0.00990. The molecule has 0 aliphatic carbocycles. The van der Waals surface area contributed by atoms with Crippen LogP contribution in [0.1, 0.15) is 11.1 Å². The Morgan fingerprint density at radius 3 is 2.75 bits per heavy atom. The van der Waals surface area contributed by atoms with E-state index in [1.54, 1.807) is 36.9 Å². The van der Waals surface area contributed by atoms with Crippen LogP contribution in [0.2, 0.25) is 0 Å². The van der Waals surface area contributed by atoms with Crippen molar-refractivity contribution in [1.29, 1.82) is 0 Å². The number of benzene rings is 1. The Labute approximate surface area is 114 Å². The van der Waals surface area contributed by atoms with E-state index in [0.29, 0.717) is 22.0 Å². The van der Waals surface area contributed by atoms with E-state index in [0.717, 1.165) is 0 Å². The van der Waals surface area contributed by atoms with Gasteiger partial charge in [0.1, 0.15) is 6.04 Å². The molecule has 7 nitrogen and oxygen atoms in total. The molecule has 1 aromatic heterocycles. The highest BCUT2D eigenvalue weighted by Gasteiger charge is 2.23. The van der Waals surface area contributed by atoms with Gasteiger partial charge in [-0.2, -0.15) is 0 Å². The number of hydrogen-bond acceptors (Lipinski definition) is 4. The van der Waals surface area contributed by atoms with E-state index >= 15 is 0 Å². The number of aliphatic carboxylic acids is 1. The summed E-state index contributed by atoms with van der Waals surface area (Å²) in [5.74, 6) is -1.13.